The van der Waals surface area contributed by atoms with Crippen molar-refractivity contribution >= 4 is 33.4 Å². The predicted molar refractivity (Wildman–Crippen MR) is 125 cm³/mol. The molecule has 0 heterocycles. The van der Waals surface area contributed by atoms with Gasteiger partial charge in [0.15, 0.2) is 0 Å². The van der Waals surface area contributed by atoms with Gasteiger partial charge in [0.25, 0.3) is 5.91 Å². The highest BCUT2D eigenvalue weighted by molar-refractivity contribution is 9.10. The maximum Gasteiger partial charge on any atom is 0.259 e. The van der Waals surface area contributed by atoms with Gasteiger partial charge in [0, 0.05) is 30.7 Å². The summed E-state index contributed by atoms with van der Waals surface area (Å²) in [5.74, 6) is 0.445. The molecule has 0 aromatic heterocycles. The Hall–Kier alpha value is -2.34. The average molecular weight is 475 g/mol. The third-order valence-electron chi connectivity index (χ3n) is 4.75. The van der Waals surface area contributed by atoms with Crippen LogP contribution in [0.1, 0.15) is 54.9 Å². The lowest BCUT2D eigenvalue weighted by molar-refractivity contribution is -0.128. The second kappa shape index (κ2) is 12.4. The van der Waals surface area contributed by atoms with E-state index in [-0.39, 0.29) is 11.8 Å². The van der Waals surface area contributed by atoms with Gasteiger partial charge in [-0.15, -0.1) is 0 Å². The van der Waals surface area contributed by atoms with Gasteiger partial charge < -0.3 is 15.0 Å². The number of aryl methyl sites for hydroxylation is 1. The number of halogens is 1. The average Bonchev–Trinajstić information content (AvgIpc) is 2.72. The second-order valence-electron chi connectivity index (χ2n) is 7.49. The van der Waals surface area contributed by atoms with E-state index >= 15 is 0 Å². The van der Waals surface area contributed by atoms with Gasteiger partial charge >= 0.3 is 0 Å². The lowest BCUT2D eigenvalue weighted by Gasteiger charge is -2.13. The minimum Gasteiger partial charge on any atom is -0.493 e. The van der Waals surface area contributed by atoms with Gasteiger partial charge in [-0.3, -0.25) is 9.59 Å². The molecule has 0 spiro atoms. The molecule has 0 radical (unpaired) electrons. The van der Waals surface area contributed by atoms with E-state index in [4.69, 9.17) is 4.74 Å². The Bertz CT molecular complexity index is 852. The summed E-state index contributed by atoms with van der Waals surface area (Å²) in [6.07, 6.45) is 5.52. The van der Waals surface area contributed by atoms with E-state index in [1.54, 1.807) is 25.1 Å². The van der Waals surface area contributed by atoms with Gasteiger partial charge in [0.1, 0.15) is 5.75 Å². The Morgan fingerprint density at radius 1 is 1.07 bits per heavy atom. The molecule has 0 saturated carbocycles. The van der Waals surface area contributed by atoms with Crippen molar-refractivity contribution in [3.63, 3.8) is 0 Å². The van der Waals surface area contributed by atoms with Crippen molar-refractivity contribution in [3.8, 4) is 5.75 Å². The second-order valence-corrected chi connectivity index (χ2v) is 8.41. The highest BCUT2D eigenvalue weighted by Gasteiger charge is 2.14. The molecule has 2 amide bonds. The number of nitrogens with zero attached hydrogens (tertiary/aromatic N) is 1. The van der Waals surface area contributed by atoms with E-state index in [0.29, 0.717) is 36.4 Å². The number of amides is 2. The number of carbonyl (C=O) groups excluding carboxylic acids is 2. The fourth-order valence-corrected chi connectivity index (χ4v) is 3.36. The molecular weight excluding hydrogens is 444 g/mol. The number of rotatable bonds is 11. The number of benzene rings is 2. The third kappa shape index (κ3) is 7.82. The van der Waals surface area contributed by atoms with Crippen molar-refractivity contribution in [2.75, 3.05) is 26.0 Å². The first kappa shape index (κ1) is 23.9. The number of hydrogen-bond donors (Lipinski definition) is 1. The van der Waals surface area contributed by atoms with E-state index in [9.17, 15) is 9.59 Å². The summed E-state index contributed by atoms with van der Waals surface area (Å²) in [5.41, 5.74) is 2.20. The van der Waals surface area contributed by atoms with Crippen LogP contribution in [0.15, 0.2) is 46.9 Å². The molecule has 5 nitrogen and oxygen atoms in total. The van der Waals surface area contributed by atoms with Crippen molar-refractivity contribution in [1.82, 2.24) is 4.90 Å². The highest BCUT2D eigenvalue weighted by Crippen LogP contribution is 2.25. The number of hydrogen-bond acceptors (Lipinski definition) is 3. The zero-order valence-corrected chi connectivity index (χ0v) is 19.6. The molecule has 2 aromatic carbocycles. The van der Waals surface area contributed by atoms with Crippen LogP contribution in [0.25, 0.3) is 0 Å². The lowest BCUT2D eigenvalue weighted by Crippen LogP contribution is -2.21. The molecule has 1 N–H and O–H groups in total. The van der Waals surface area contributed by atoms with E-state index in [1.165, 1.54) is 12.8 Å². The normalized spacial score (nSPS) is 10.5. The van der Waals surface area contributed by atoms with Gasteiger partial charge in [0.2, 0.25) is 5.91 Å². The quantitative estimate of drug-likeness (QED) is 0.426. The molecule has 162 valence electrons. The smallest absolute Gasteiger partial charge is 0.259 e. The van der Waals surface area contributed by atoms with Crippen LogP contribution in [0.4, 0.5) is 5.69 Å². The van der Waals surface area contributed by atoms with Crippen molar-refractivity contribution in [3.05, 3.63) is 58.1 Å². The van der Waals surface area contributed by atoms with E-state index in [2.05, 4.69) is 28.2 Å². The Kier molecular flexibility index (Phi) is 9.87. The summed E-state index contributed by atoms with van der Waals surface area (Å²) in [7, 11) is 3.50. The Labute approximate surface area is 187 Å². The SMILES string of the molecule is CCCCCCOc1ccc(Br)cc1C(=O)Nc1cccc(CCC(=O)N(C)C)c1. The van der Waals surface area contributed by atoms with Gasteiger partial charge in [0.05, 0.1) is 12.2 Å². The number of nitrogens with one attached hydrogen (secondary N) is 1. The molecule has 2 aromatic rings. The molecule has 0 aliphatic rings. The largest absolute Gasteiger partial charge is 0.493 e. The first-order valence-electron chi connectivity index (χ1n) is 10.4. The summed E-state index contributed by atoms with van der Waals surface area (Å²) >= 11 is 3.44. The number of ether oxygens (including phenoxy) is 1. The van der Waals surface area contributed by atoms with Crippen LogP contribution in [0.2, 0.25) is 0 Å². The standard InChI is InChI=1S/C24H31BrN2O3/c1-4-5-6-7-15-30-22-13-12-19(25)17-21(22)24(29)26-20-10-8-9-18(16-20)11-14-23(28)27(2)3/h8-10,12-13,16-17H,4-7,11,14-15H2,1-3H3,(H,26,29). The molecular formula is C24H31BrN2O3. The van der Waals surface area contributed by atoms with Crippen LogP contribution in [-0.4, -0.2) is 37.4 Å². The highest BCUT2D eigenvalue weighted by atomic mass is 79.9. The van der Waals surface area contributed by atoms with Crippen molar-refractivity contribution in [2.24, 2.45) is 0 Å². The molecule has 0 aliphatic heterocycles. The Balaban J connectivity index is 2.04. The molecule has 0 atom stereocenters. The summed E-state index contributed by atoms with van der Waals surface area (Å²) < 4.78 is 6.71. The van der Waals surface area contributed by atoms with Crippen LogP contribution < -0.4 is 10.1 Å². The lowest BCUT2D eigenvalue weighted by atomic mass is 10.1. The summed E-state index contributed by atoms with van der Waals surface area (Å²) in [4.78, 5) is 26.3. The molecule has 0 saturated heterocycles. The maximum atomic E-state index is 12.9. The number of unbranched alkanes of at least 4 members (excludes halogenated alkanes) is 3. The van der Waals surface area contributed by atoms with Crippen molar-refractivity contribution in [1.29, 1.82) is 0 Å². The fraction of sp³-hybridized carbons (Fsp3) is 0.417. The van der Waals surface area contributed by atoms with Gasteiger partial charge in [-0.25, -0.2) is 0 Å². The fourth-order valence-electron chi connectivity index (χ4n) is 2.99. The van der Waals surface area contributed by atoms with E-state index in [1.807, 2.05) is 36.4 Å². The molecule has 0 aliphatic carbocycles. The maximum absolute atomic E-state index is 12.9. The van der Waals surface area contributed by atoms with Crippen LogP contribution in [0.5, 0.6) is 5.75 Å². The zero-order valence-electron chi connectivity index (χ0n) is 18.0. The van der Waals surface area contributed by atoms with Crippen molar-refractivity contribution in [2.45, 2.75) is 45.4 Å². The molecule has 0 fully saturated rings. The van der Waals surface area contributed by atoms with Crippen LogP contribution in [0, 0.1) is 0 Å². The van der Waals surface area contributed by atoms with Gasteiger partial charge in [-0.05, 0) is 48.7 Å². The minimum atomic E-state index is -0.221. The van der Waals surface area contributed by atoms with Crippen molar-refractivity contribution < 1.29 is 14.3 Å². The Morgan fingerprint density at radius 2 is 1.87 bits per heavy atom. The molecule has 0 unspecified atom stereocenters. The topological polar surface area (TPSA) is 58.6 Å². The predicted octanol–water partition coefficient (Wildman–Crippen LogP) is 5.68. The molecule has 2 rings (SSSR count). The van der Waals surface area contributed by atoms with E-state index in [0.717, 1.165) is 22.9 Å². The zero-order chi connectivity index (χ0) is 21.9. The summed E-state index contributed by atoms with van der Waals surface area (Å²) in [6.45, 7) is 2.77. The Morgan fingerprint density at radius 3 is 2.60 bits per heavy atom. The van der Waals surface area contributed by atoms with Gasteiger partial charge in [-0.1, -0.05) is 54.2 Å². The third-order valence-corrected chi connectivity index (χ3v) is 5.25. The minimum absolute atomic E-state index is 0.0827. The number of anilines is 1. The summed E-state index contributed by atoms with van der Waals surface area (Å²) in [6, 6.07) is 13.1. The van der Waals surface area contributed by atoms with Gasteiger partial charge in [-0.2, -0.15) is 0 Å². The van der Waals surface area contributed by atoms with Crippen LogP contribution in [-0.2, 0) is 11.2 Å². The molecule has 0 bridgehead atoms. The van der Waals surface area contributed by atoms with E-state index < -0.39 is 0 Å². The first-order chi connectivity index (χ1) is 14.4. The van der Waals surface area contributed by atoms with Crippen LogP contribution in [0.3, 0.4) is 0 Å². The molecule has 6 heteroatoms. The monoisotopic (exact) mass is 474 g/mol. The molecule has 30 heavy (non-hydrogen) atoms. The first-order valence-corrected chi connectivity index (χ1v) is 11.2. The summed E-state index contributed by atoms with van der Waals surface area (Å²) in [5, 5.41) is 2.95. The van der Waals surface area contributed by atoms with Crippen LogP contribution >= 0.6 is 15.9 Å². The number of carbonyl (C=O) groups is 2.